The maximum absolute atomic E-state index is 13.1. The molecule has 1 N–H and O–H groups in total. The number of carbonyl (C=O) groups is 2. The van der Waals surface area contributed by atoms with Crippen LogP contribution < -0.4 is 5.32 Å². The van der Waals surface area contributed by atoms with Gasteiger partial charge in [-0.3, -0.25) is 9.59 Å². The van der Waals surface area contributed by atoms with Gasteiger partial charge in [0.15, 0.2) is 0 Å². The Morgan fingerprint density at radius 3 is 2.44 bits per heavy atom. The fourth-order valence-electron chi connectivity index (χ4n) is 4.12. The summed E-state index contributed by atoms with van der Waals surface area (Å²) in [5.41, 5.74) is 4.02. The van der Waals surface area contributed by atoms with Crippen LogP contribution in [0.2, 0.25) is 0 Å². The Labute approximate surface area is 189 Å². The standard InChI is InChI=1S/C26H30N4O2/c1-20-10-9-11-21(18-20)25-23(19-30(28-25)22-12-5-4-6-13-22)26(32)27-15-14-24(31)29-16-7-2-3-8-17-29/h4-6,9-13,18-19H,2-3,7-8,14-17H2,1H3,(H,27,32). The van der Waals surface area contributed by atoms with Gasteiger partial charge in [0.25, 0.3) is 5.91 Å². The minimum absolute atomic E-state index is 0.117. The molecule has 3 aromatic rings. The van der Waals surface area contributed by atoms with Crippen molar-refractivity contribution in [3.05, 3.63) is 71.9 Å². The van der Waals surface area contributed by atoms with Gasteiger partial charge >= 0.3 is 0 Å². The number of nitrogens with one attached hydrogen (secondary N) is 1. The van der Waals surface area contributed by atoms with Gasteiger partial charge in [-0.25, -0.2) is 4.68 Å². The number of nitrogens with zero attached hydrogens (tertiary/aromatic N) is 3. The molecule has 2 heterocycles. The van der Waals surface area contributed by atoms with Crippen LogP contribution in [0.1, 0.15) is 48.0 Å². The van der Waals surface area contributed by atoms with E-state index in [1.54, 1.807) is 10.9 Å². The average Bonchev–Trinajstić information content (AvgIpc) is 3.08. The van der Waals surface area contributed by atoms with E-state index in [9.17, 15) is 9.59 Å². The summed E-state index contributed by atoms with van der Waals surface area (Å²) in [6.07, 6.45) is 6.59. The summed E-state index contributed by atoms with van der Waals surface area (Å²) in [5.74, 6) is -0.0987. The van der Waals surface area contributed by atoms with Crippen molar-refractivity contribution < 1.29 is 9.59 Å². The lowest BCUT2D eigenvalue weighted by Gasteiger charge is -2.20. The van der Waals surface area contributed by atoms with Gasteiger partial charge in [-0.2, -0.15) is 5.10 Å². The number of likely N-dealkylation sites (tertiary alicyclic amines) is 1. The van der Waals surface area contributed by atoms with Gasteiger partial charge in [-0.15, -0.1) is 0 Å². The first-order valence-electron chi connectivity index (χ1n) is 11.4. The lowest BCUT2D eigenvalue weighted by Crippen LogP contribution is -2.35. The van der Waals surface area contributed by atoms with E-state index < -0.39 is 0 Å². The van der Waals surface area contributed by atoms with E-state index in [4.69, 9.17) is 5.10 Å². The van der Waals surface area contributed by atoms with Crippen LogP contribution in [-0.4, -0.2) is 46.1 Å². The van der Waals surface area contributed by atoms with Crippen LogP contribution in [0.4, 0.5) is 0 Å². The molecule has 1 aliphatic heterocycles. The lowest BCUT2D eigenvalue weighted by atomic mass is 10.1. The van der Waals surface area contributed by atoms with Crippen LogP contribution in [0.25, 0.3) is 16.9 Å². The van der Waals surface area contributed by atoms with Gasteiger partial charge in [0, 0.05) is 37.8 Å². The first kappa shape index (κ1) is 21.8. The van der Waals surface area contributed by atoms with Gasteiger partial charge in [0.2, 0.25) is 5.91 Å². The topological polar surface area (TPSA) is 67.2 Å². The van der Waals surface area contributed by atoms with Crippen LogP contribution in [0.3, 0.4) is 0 Å². The maximum Gasteiger partial charge on any atom is 0.255 e. The van der Waals surface area contributed by atoms with Crippen molar-refractivity contribution in [2.75, 3.05) is 19.6 Å². The molecule has 0 atom stereocenters. The van der Waals surface area contributed by atoms with Gasteiger partial charge < -0.3 is 10.2 Å². The summed E-state index contributed by atoms with van der Waals surface area (Å²) in [5, 5.41) is 7.65. The summed E-state index contributed by atoms with van der Waals surface area (Å²) in [6.45, 7) is 3.99. The number of aromatic nitrogens is 2. The van der Waals surface area contributed by atoms with Crippen molar-refractivity contribution in [2.45, 2.75) is 39.0 Å². The van der Waals surface area contributed by atoms with Gasteiger partial charge in [-0.1, -0.05) is 54.8 Å². The highest BCUT2D eigenvalue weighted by atomic mass is 16.2. The molecule has 1 fully saturated rings. The quantitative estimate of drug-likeness (QED) is 0.631. The second kappa shape index (κ2) is 10.3. The zero-order valence-corrected chi connectivity index (χ0v) is 18.6. The summed E-state index contributed by atoms with van der Waals surface area (Å²) < 4.78 is 1.73. The molecule has 1 saturated heterocycles. The van der Waals surface area contributed by atoms with E-state index in [0.717, 1.165) is 42.7 Å². The third-order valence-corrected chi connectivity index (χ3v) is 5.85. The normalized spacial score (nSPS) is 14.1. The summed E-state index contributed by atoms with van der Waals surface area (Å²) >= 11 is 0. The predicted octanol–water partition coefficient (Wildman–Crippen LogP) is 4.37. The number of amides is 2. The van der Waals surface area contributed by atoms with Crippen molar-refractivity contribution >= 4 is 11.8 Å². The van der Waals surface area contributed by atoms with Crippen molar-refractivity contribution in [3.63, 3.8) is 0 Å². The molecule has 1 aromatic heterocycles. The number of para-hydroxylation sites is 1. The molecule has 0 unspecified atom stereocenters. The molecule has 1 aliphatic rings. The smallest absolute Gasteiger partial charge is 0.255 e. The van der Waals surface area contributed by atoms with E-state index in [-0.39, 0.29) is 11.8 Å². The Balaban J connectivity index is 1.50. The Kier molecular flexibility index (Phi) is 7.00. The average molecular weight is 431 g/mol. The first-order valence-corrected chi connectivity index (χ1v) is 11.4. The van der Waals surface area contributed by atoms with Crippen LogP contribution >= 0.6 is 0 Å². The number of hydrogen-bond acceptors (Lipinski definition) is 3. The highest BCUT2D eigenvalue weighted by Gasteiger charge is 2.20. The minimum atomic E-state index is -0.215. The summed E-state index contributed by atoms with van der Waals surface area (Å²) in [4.78, 5) is 27.6. The molecule has 0 bridgehead atoms. The molecule has 2 amide bonds. The van der Waals surface area contributed by atoms with E-state index in [1.807, 2.05) is 66.4 Å². The fraction of sp³-hybridized carbons (Fsp3) is 0.346. The molecule has 0 spiro atoms. The Bertz CT molecular complexity index is 1070. The number of hydrogen-bond donors (Lipinski definition) is 1. The zero-order chi connectivity index (χ0) is 22.3. The molecule has 166 valence electrons. The summed E-state index contributed by atoms with van der Waals surface area (Å²) in [6, 6.07) is 17.7. The van der Waals surface area contributed by atoms with Gasteiger partial charge in [0.05, 0.1) is 11.3 Å². The van der Waals surface area contributed by atoms with Crippen molar-refractivity contribution in [2.24, 2.45) is 0 Å². The van der Waals surface area contributed by atoms with Crippen LogP contribution in [0, 0.1) is 6.92 Å². The molecule has 6 nitrogen and oxygen atoms in total. The molecular weight excluding hydrogens is 400 g/mol. The first-order chi connectivity index (χ1) is 15.6. The zero-order valence-electron chi connectivity index (χ0n) is 18.6. The minimum Gasteiger partial charge on any atom is -0.351 e. The molecule has 6 heteroatoms. The molecule has 0 saturated carbocycles. The number of carbonyl (C=O) groups excluding carboxylic acids is 2. The highest BCUT2D eigenvalue weighted by Crippen LogP contribution is 2.24. The third-order valence-electron chi connectivity index (χ3n) is 5.85. The Morgan fingerprint density at radius 1 is 0.969 bits per heavy atom. The molecule has 0 aliphatic carbocycles. The predicted molar refractivity (Wildman–Crippen MR) is 126 cm³/mol. The third kappa shape index (κ3) is 5.25. The SMILES string of the molecule is Cc1cccc(-c2nn(-c3ccccc3)cc2C(=O)NCCC(=O)N2CCCCCC2)c1. The molecular formula is C26H30N4O2. The van der Waals surface area contributed by atoms with Gasteiger partial charge in [-0.05, 0) is 38.0 Å². The van der Waals surface area contributed by atoms with E-state index in [0.29, 0.717) is 24.2 Å². The second-order valence-corrected chi connectivity index (χ2v) is 8.34. The molecule has 32 heavy (non-hydrogen) atoms. The van der Waals surface area contributed by atoms with Crippen LogP contribution in [0.5, 0.6) is 0 Å². The lowest BCUT2D eigenvalue weighted by molar-refractivity contribution is -0.131. The summed E-state index contributed by atoms with van der Waals surface area (Å²) in [7, 11) is 0. The van der Waals surface area contributed by atoms with Crippen molar-refractivity contribution in [3.8, 4) is 16.9 Å². The molecule has 4 rings (SSSR count). The molecule has 0 radical (unpaired) electrons. The second-order valence-electron chi connectivity index (χ2n) is 8.34. The maximum atomic E-state index is 13.1. The van der Waals surface area contributed by atoms with Crippen molar-refractivity contribution in [1.29, 1.82) is 0 Å². The van der Waals surface area contributed by atoms with E-state index in [2.05, 4.69) is 5.32 Å². The Morgan fingerprint density at radius 2 is 1.72 bits per heavy atom. The number of rotatable bonds is 6. The molecule has 2 aromatic carbocycles. The number of benzene rings is 2. The van der Waals surface area contributed by atoms with Crippen molar-refractivity contribution in [1.82, 2.24) is 20.0 Å². The monoisotopic (exact) mass is 430 g/mol. The Hall–Kier alpha value is -3.41. The van der Waals surface area contributed by atoms with Gasteiger partial charge in [0.1, 0.15) is 5.69 Å². The largest absolute Gasteiger partial charge is 0.351 e. The van der Waals surface area contributed by atoms with E-state index >= 15 is 0 Å². The fourth-order valence-corrected chi connectivity index (χ4v) is 4.12. The van der Waals surface area contributed by atoms with Crippen LogP contribution in [0.15, 0.2) is 60.8 Å². The van der Waals surface area contributed by atoms with E-state index in [1.165, 1.54) is 12.8 Å². The highest BCUT2D eigenvalue weighted by molar-refractivity contribution is 6.00. The number of aryl methyl sites for hydroxylation is 1. The van der Waals surface area contributed by atoms with Crippen LogP contribution in [-0.2, 0) is 4.79 Å².